The Morgan fingerprint density at radius 1 is 1.13 bits per heavy atom. The minimum atomic E-state index is -0.740. The third-order valence-corrected chi connectivity index (χ3v) is 3.09. The maximum atomic E-state index is 12.2. The van der Waals surface area contributed by atoms with Crippen molar-refractivity contribution >= 4 is 12.1 Å². The van der Waals surface area contributed by atoms with Crippen LogP contribution in [0.3, 0.4) is 0 Å². The van der Waals surface area contributed by atoms with E-state index in [9.17, 15) is 9.59 Å². The molecule has 0 saturated carbocycles. The largest absolute Gasteiger partial charge is 0.459 e. The van der Waals surface area contributed by atoms with Crippen LogP contribution in [0.4, 0.5) is 4.79 Å². The number of esters is 1. The molecule has 0 aliphatic carbocycles. The quantitative estimate of drug-likeness (QED) is 0.842. The highest BCUT2D eigenvalue weighted by atomic mass is 16.6. The third kappa shape index (κ3) is 7.17. The van der Waals surface area contributed by atoms with E-state index in [1.54, 1.807) is 20.8 Å². The molecule has 1 rings (SSSR count). The maximum absolute atomic E-state index is 12.2. The molecule has 0 unspecified atom stereocenters. The summed E-state index contributed by atoms with van der Waals surface area (Å²) in [7, 11) is 0. The Morgan fingerprint density at radius 3 is 2.17 bits per heavy atom. The number of alkyl carbamates (subject to hydrolysis) is 1. The molecule has 0 aromatic heterocycles. The summed E-state index contributed by atoms with van der Waals surface area (Å²) in [5.41, 5.74) is 1.44. The van der Waals surface area contributed by atoms with E-state index in [2.05, 4.69) is 5.32 Å². The van der Waals surface area contributed by atoms with Gasteiger partial charge in [0.2, 0.25) is 0 Å². The van der Waals surface area contributed by atoms with Crippen molar-refractivity contribution in [1.82, 2.24) is 5.32 Å². The molecule has 23 heavy (non-hydrogen) atoms. The van der Waals surface area contributed by atoms with E-state index in [1.807, 2.05) is 45.0 Å². The molecular formula is C18H27NO4. The summed E-state index contributed by atoms with van der Waals surface area (Å²) >= 11 is 0. The van der Waals surface area contributed by atoms with Crippen LogP contribution in [-0.2, 0) is 20.9 Å². The molecule has 0 spiro atoms. The van der Waals surface area contributed by atoms with Crippen LogP contribution in [0.1, 0.15) is 45.7 Å². The molecule has 1 N–H and O–H groups in total. The van der Waals surface area contributed by atoms with Crippen molar-refractivity contribution in [2.75, 3.05) is 0 Å². The first kappa shape index (κ1) is 19.0. The van der Waals surface area contributed by atoms with Crippen LogP contribution in [0.2, 0.25) is 0 Å². The van der Waals surface area contributed by atoms with Crippen molar-refractivity contribution in [2.45, 2.75) is 59.8 Å². The monoisotopic (exact) mass is 321 g/mol. The average Bonchev–Trinajstić information content (AvgIpc) is 2.41. The van der Waals surface area contributed by atoms with Crippen molar-refractivity contribution in [3.63, 3.8) is 0 Å². The third-order valence-electron chi connectivity index (χ3n) is 3.09. The zero-order valence-corrected chi connectivity index (χ0v) is 14.8. The summed E-state index contributed by atoms with van der Waals surface area (Å²) < 4.78 is 10.5. The van der Waals surface area contributed by atoms with Crippen LogP contribution >= 0.6 is 0 Å². The highest BCUT2D eigenvalue weighted by molar-refractivity contribution is 5.81. The minimum absolute atomic E-state index is 0.104. The zero-order valence-electron chi connectivity index (χ0n) is 14.8. The van der Waals surface area contributed by atoms with Crippen LogP contribution < -0.4 is 5.32 Å². The number of benzene rings is 1. The summed E-state index contributed by atoms with van der Waals surface area (Å²) in [6.07, 6.45) is -0.622. The summed E-state index contributed by atoms with van der Waals surface area (Å²) in [4.78, 5) is 24.1. The second kappa shape index (κ2) is 7.99. The fraction of sp³-hybridized carbons (Fsp3) is 0.556. The van der Waals surface area contributed by atoms with Crippen molar-refractivity contribution in [2.24, 2.45) is 5.92 Å². The van der Waals surface area contributed by atoms with Crippen LogP contribution in [0.5, 0.6) is 0 Å². The molecule has 0 bridgehead atoms. The van der Waals surface area contributed by atoms with Gasteiger partial charge < -0.3 is 14.8 Å². The number of aryl methyl sites for hydroxylation is 1. The Bertz CT molecular complexity index is 529. The number of carbonyl (C=O) groups is 2. The van der Waals surface area contributed by atoms with Gasteiger partial charge >= 0.3 is 12.1 Å². The lowest BCUT2D eigenvalue weighted by Crippen LogP contribution is -2.47. The fourth-order valence-electron chi connectivity index (χ4n) is 1.86. The molecular weight excluding hydrogens is 294 g/mol. The number of hydrogen-bond acceptors (Lipinski definition) is 4. The normalized spacial score (nSPS) is 12.7. The molecule has 1 amide bonds. The lowest BCUT2D eigenvalue weighted by molar-refractivity contribution is -0.148. The van der Waals surface area contributed by atoms with Crippen molar-refractivity contribution < 1.29 is 19.1 Å². The van der Waals surface area contributed by atoms with Crippen molar-refractivity contribution in [3.05, 3.63) is 35.4 Å². The first-order valence-electron chi connectivity index (χ1n) is 7.80. The molecule has 0 radical (unpaired) electrons. The molecule has 0 saturated heterocycles. The van der Waals surface area contributed by atoms with E-state index < -0.39 is 23.7 Å². The number of rotatable bonds is 5. The van der Waals surface area contributed by atoms with Crippen LogP contribution in [0, 0.1) is 12.8 Å². The molecule has 128 valence electrons. The molecule has 0 heterocycles. The van der Waals surface area contributed by atoms with E-state index >= 15 is 0 Å². The highest BCUT2D eigenvalue weighted by Gasteiger charge is 2.28. The number of ether oxygens (including phenoxy) is 2. The molecule has 0 aliphatic rings. The predicted molar refractivity (Wildman–Crippen MR) is 89.0 cm³/mol. The molecule has 1 atom stereocenters. The average molecular weight is 321 g/mol. The van der Waals surface area contributed by atoms with Crippen molar-refractivity contribution in [3.8, 4) is 0 Å². The summed E-state index contributed by atoms with van der Waals surface area (Å²) in [5.74, 6) is -0.570. The second-order valence-corrected chi connectivity index (χ2v) is 6.96. The van der Waals surface area contributed by atoms with E-state index in [-0.39, 0.29) is 12.5 Å². The molecule has 0 aliphatic heterocycles. The maximum Gasteiger partial charge on any atom is 0.408 e. The molecule has 5 nitrogen and oxygen atoms in total. The van der Waals surface area contributed by atoms with Gasteiger partial charge in [-0.25, -0.2) is 9.59 Å². The first-order chi connectivity index (χ1) is 10.6. The SMILES string of the molecule is Cc1ccc(COC(=O)[C@@H](NC(=O)OC(C)(C)C)C(C)C)cc1. The Morgan fingerprint density at radius 2 is 1.70 bits per heavy atom. The molecule has 1 aromatic carbocycles. The Hall–Kier alpha value is -2.04. The van der Waals surface area contributed by atoms with E-state index in [4.69, 9.17) is 9.47 Å². The standard InChI is InChI=1S/C18H27NO4/c1-12(2)15(19-17(21)23-18(4,5)6)16(20)22-11-14-9-7-13(3)8-10-14/h7-10,12,15H,11H2,1-6H3,(H,19,21)/t15-/m0/s1. The van der Waals surface area contributed by atoms with Gasteiger partial charge in [0.25, 0.3) is 0 Å². The topological polar surface area (TPSA) is 64.6 Å². The molecule has 1 aromatic rings. The van der Waals surface area contributed by atoms with Gasteiger partial charge in [0.1, 0.15) is 18.2 Å². The minimum Gasteiger partial charge on any atom is -0.459 e. The van der Waals surface area contributed by atoms with Gasteiger partial charge in [-0.15, -0.1) is 0 Å². The number of carbonyl (C=O) groups excluding carboxylic acids is 2. The lowest BCUT2D eigenvalue weighted by Gasteiger charge is -2.24. The zero-order chi connectivity index (χ0) is 17.6. The van der Waals surface area contributed by atoms with E-state index in [0.717, 1.165) is 11.1 Å². The lowest BCUT2D eigenvalue weighted by atomic mass is 10.1. The van der Waals surface area contributed by atoms with Crippen LogP contribution in [-0.4, -0.2) is 23.7 Å². The van der Waals surface area contributed by atoms with E-state index in [0.29, 0.717) is 0 Å². The van der Waals surface area contributed by atoms with Gasteiger partial charge in [0.05, 0.1) is 0 Å². The molecule has 5 heteroatoms. The van der Waals surface area contributed by atoms with Crippen LogP contribution in [0.15, 0.2) is 24.3 Å². The second-order valence-electron chi connectivity index (χ2n) is 6.96. The fourth-order valence-corrected chi connectivity index (χ4v) is 1.86. The van der Waals surface area contributed by atoms with Crippen molar-refractivity contribution in [1.29, 1.82) is 0 Å². The van der Waals surface area contributed by atoms with Gasteiger partial charge in [-0.1, -0.05) is 43.7 Å². The highest BCUT2D eigenvalue weighted by Crippen LogP contribution is 2.11. The smallest absolute Gasteiger partial charge is 0.408 e. The van der Waals surface area contributed by atoms with Gasteiger partial charge in [-0.05, 0) is 39.2 Å². The van der Waals surface area contributed by atoms with Gasteiger partial charge in [-0.2, -0.15) is 0 Å². The Labute approximate surface area is 138 Å². The first-order valence-corrected chi connectivity index (χ1v) is 7.80. The summed E-state index contributed by atoms with van der Waals surface area (Å²) in [6, 6.07) is 7.00. The number of nitrogens with one attached hydrogen (secondary N) is 1. The predicted octanol–water partition coefficient (Wildman–Crippen LogP) is 3.59. The Balaban J connectivity index is 2.60. The van der Waals surface area contributed by atoms with Gasteiger partial charge in [0.15, 0.2) is 0 Å². The summed E-state index contributed by atoms with van der Waals surface area (Å²) in [5, 5.41) is 2.58. The molecule has 0 fully saturated rings. The Kier molecular flexibility index (Phi) is 6.61. The van der Waals surface area contributed by atoms with E-state index in [1.165, 1.54) is 0 Å². The van der Waals surface area contributed by atoms with Gasteiger partial charge in [0, 0.05) is 0 Å². The summed E-state index contributed by atoms with van der Waals surface area (Å²) in [6.45, 7) is 11.2. The van der Waals surface area contributed by atoms with Crippen LogP contribution in [0.25, 0.3) is 0 Å². The number of hydrogen-bond donors (Lipinski definition) is 1. The van der Waals surface area contributed by atoms with Gasteiger partial charge in [-0.3, -0.25) is 0 Å². The number of amides is 1.